The van der Waals surface area contributed by atoms with Crippen molar-refractivity contribution in [1.82, 2.24) is 30.8 Å². The van der Waals surface area contributed by atoms with E-state index in [1.54, 1.807) is 48.0 Å². The molecular formula is C41H58FN7O7S. The van der Waals surface area contributed by atoms with E-state index in [1.165, 1.54) is 6.07 Å². The van der Waals surface area contributed by atoms with Crippen LogP contribution in [0.2, 0.25) is 0 Å². The molecule has 4 N–H and O–H groups in total. The largest absolute Gasteiger partial charge is 0.493 e. The molecule has 0 aliphatic carbocycles. The number of benzene rings is 2. The normalized spacial score (nSPS) is 14.9. The predicted molar refractivity (Wildman–Crippen MR) is 221 cm³/mol. The van der Waals surface area contributed by atoms with Gasteiger partial charge in [-0.3, -0.25) is 28.9 Å². The number of nitrogens with one attached hydrogen (secondary N) is 4. The fourth-order valence-corrected chi connectivity index (χ4v) is 7.74. The zero-order valence-corrected chi connectivity index (χ0v) is 34.0. The topological polar surface area (TPSA) is 175 Å². The van der Waals surface area contributed by atoms with Crippen LogP contribution in [0.3, 0.4) is 0 Å². The molecule has 0 bridgehead atoms. The highest BCUT2D eigenvalue weighted by molar-refractivity contribution is 7.99. The first kappa shape index (κ1) is 45.2. The highest BCUT2D eigenvalue weighted by Gasteiger charge is 2.22. The van der Waals surface area contributed by atoms with Crippen LogP contribution in [-0.2, 0) is 24.9 Å². The van der Waals surface area contributed by atoms with E-state index in [2.05, 4.69) is 30.8 Å². The average molecular weight is 812 g/mol. The van der Waals surface area contributed by atoms with Gasteiger partial charge < -0.3 is 35.3 Å². The number of aromatic nitrogens is 2. The molecule has 0 spiro atoms. The van der Waals surface area contributed by atoms with Gasteiger partial charge in [-0.2, -0.15) is 11.8 Å². The van der Waals surface area contributed by atoms with Crippen LogP contribution in [0.1, 0.15) is 80.9 Å². The van der Waals surface area contributed by atoms with Crippen molar-refractivity contribution in [3.63, 3.8) is 0 Å². The van der Waals surface area contributed by atoms with E-state index >= 15 is 0 Å². The third-order valence-electron chi connectivity index (χ3n) is 9.83. The molecule has 2 fully saturated rings. The minimum atomic E-state index is -0.637. The van der Waals surface area contributed by atoms with Crippen LogP contribution in [0.5, 0.6) is 5.75 Å². The molecular weight excluding hydrogens is 754 g/mol. The van der Waals surface area contributed by atoms with Crippen LogP contribution < -0.4 is 31.1 Å². The Kier molecular flexibility index (Phi) is 19.8. The standard InChI is InChI=1S/C39H53FN6O6S.C2H5NO/c1-2-16-46(27-47)30-9-7-8-29(21-30)38(49)42-15-6-4-3-5-14-41-36(48)24-45-17-10-32(11-18-45)53-26-35-43-34-23-31(22-33(40)37(34)39(50)44-35)52-25-28-12-19-51-20-13-28;1-3-2-4/h7-9,21-23,27-28,32H,2-6,10-20,24-26H2,1H3,(H,41,48)(H,42,49)(H,43,44,50);2H,1H3,(H,3,4). The molecule has 2 saturated heterocycles. The van der Waals surface area contributed by atoms with E-state index < -0.39 is 11.4 Å². The van der Waals surface area contributed by atoms with Crippen LogP contribution in [0.15, 0.2) is 41.2 Å². The number of thioether (sulfide) groups is 1. The van der Waals surface area contributed by atoms with E-state index in [-0.39, 0.29) is 17.2 Å². The summed E-state index contributed by atoms with van der Waals surface area (Å²) in [5, 5.41) is 8.55. The molecule has 0 radical (unpaired) electrons. The number of fused-ring (bicyclic) bond motifs is 1. The summed E-state index contributed by atoms with van der Waals surface area (Å²) in [4.78, 5) is 69.4. The Morgan fingerprint density at radius 3 is 2.46 bits per heavy atom. The minimum Gasteiger partial charge on any atom is -0.493 e. The van der Waals surface area contributed by atoms with Gasteiger partial charge in [0.1, 0.15) is 22.8 Å². The van der Waals surface area contributed by atoms with E-state index in [4.69, 9.17) is 14.3 Å². The van der Waals surface area contributed by atoms with Gasteiger partial charge in [0, 0.05) is 68.5 Å². The summed E-state index contributed by atoms with van der Waals surface area (Å²) in [6, 6.07) is 10.0. The molecule has 1 aromatic heterocycles. The van der Waals surface area contributed by atoms with Gasteiger partial charge in [-0.05, 0) is 82.2 Å². The number of unbranched alkanes of at least 4 members (excludes halogenated alkanes) is 3. The van der Waals surface area contributed by atoms with Crippen molar-refractivity contribution >= 4 is 53.0 Å². The van der Waals surface area contributed by atoms with Gasteiger partial charge >= 0.3 is 0 Å². The lowest BCUT2D eigenvalue weighted by atomic mass is 10.0. The molecule has 2 aromatic carbocycles. The Labute approximate surface area is 338 Å². The van der Waals surface area contributed by atoms with Crippen molar-refractivity contribution in [3.05, 3.63) is 64.0 Å². The van der Waals surface area contributed by atoms with E-state index in [0.29, 0.717) is 97.7 Å². The van der Waals surface area contributed by atoms with Gasteiger partial charge in [-0.15, -0.1) is 0 Å². The summed E-state index contributed by atoms with van der Waals surface area (Å²) >= 11 is 1.72. The zero-order chi connectivity index (χ0) is 40.8. The molecule has 14 nitrogen and oxygen atoms in total. The molecule has 2 aliphatic rings. The number of likely N-dealkylation sites (tertiary alicyclic amines) is 1. The lowest BCUT2D eigenvalue weighted by Crippen LogP contribution is -2.42. The maximum atomic E-state index is 14.9. The quantitative estimate of drug-likeness (QED) is 0.0892. The van der Waals surface area contributed by atoms with E-state index in [1.807, 2.05) is 13.0 Å². The monoisotopic (exact) mass is 811 g/mol. The molecule has 5 rings (SSSR count). The number of nitrogens with zero attached hydrogens (tertiary/aromatic N) is 3. The number of halogens is 1. The average Bonchev–Trinajstić information content (AvgIpc) is 3.22. The van der Waals surface area contributed by atoms with Crippen molar-refractivity contribution in [2.75, 3.05) is 71.0 Å². The Morgan fingerprint density at radius 1 is 1.05 bits per heavy atom. The highest BCUT2D eigenvalue weighted by Crippen LogP contribution is 2.27. The Morgan fingerprint density at radius 2 is 1.77 bits per heavy atom. The van der Waals surface area contributed by atoms with Gasteiger partial charge in [0.25, 0.3) is 11.5 Å². The molecule has 0 unspecified atom stereocenters. The van der Waals surface area contributed by atoms with Crippen LogP contribution >= 0.6 is 11.8 Å². The number of aromatic amines is 1. The molecule has 0 saturated carbocycles. The first-order chi connectivity index (χ1) is 27.7. The zero-order valence-electron chi connectivity index (χ0n) is 33.2. The van der Waals surface area contributed by atoms with Crippen molar-refractivity contribution in [2.45, 2.75) is 75.7 Å². The van der Waals surface area contributed by atoms with Gasteiger partial charge in [0.05, 0.1) is 24.4 Å². The van der Waals surface area contributed by atoms with Gasteiger partial charge in [-0.1, -0.05) is 25.8 Å². The molecule has 0 atom stereocenters. The lowest BCUT2D eigenvalue weighted by molar-refractivity contribution is -0.122. The second kappa shape index (κ2) is 25.0. The summed E-state index contributed by atoms with van der Waals surface area (Å²) < 4.78 is 26.1. The SMILES string of the molecule is CCCN(C=O)c1cccc(C(=O)NCCCCCCNC(=O)CN2CCC(SCc3nc4cc(OCC5CCOCC5)cc(F)c4c(=O)[nH]3)CC2)c1.CNC=O. The number of ether oxygens (including phenoxy) is 2. The van der Waals surface area contributed by atoms with Crippen molar-refractivity contribution in [2.24, 2.45) is 5.92 Å². The van der Waals surface area contributed by atoms with Gasteiger partial charge in [0.2, 0.25) is 18.7 Å². The number of hydrogen-bond acceptors (Lipinski definition) is 10. The number of anilines is 1. The molecule has 2 aliphatic heterocycles. The second-order valence-electron chi connectivity index (χ2n) is 14.2. The molecule has 57 heavy (non-hydrogen) atoms. The summed E-state index contributed by atoms with van der Waals surface area (Å²) in [6.45, 7) is 7.70. The van der Waals surface area contributed by atoms with Gasteiger partial charge in [-0.25, -0.2) is 9.37 Å². The fourth-order valence-electron chi connectivity index (χ4n) is 6.66. The Bertz CT molecular complexity index is 1780. The molecule has 3 heterocycles. The summed E-state index contributed by atoms with van der Waals surface area (Å²) in [7, 11) is 1.56. The number of amides is 4. The lowest BCUT2D eigenvalue weighted by Gasteiger charge is -2.31. The third kappa shape index (κ3) is 15.4. The Balaban J connectivity index is 0.00000172. The number of rotatable bonds is 21. The number of piperidine rings is 1. The third-order valence-corrected chi connectivity index (χ3v) is 11.2. The second-order valence-corrected chi connectivity index (χ2v) is 15.5. The summed E-state index contributed by atoms with van der Waals surface area (Å²) in [6.07, 6.45) is 9.55. The number of hydrogen-bond donors (Lipinski definition) is 4. The van der Waals surface area contributed by atoms with Crippen LogP contribution in [0, 0.1) is 11.7 Å². The number of H-pyrrole nitrogens is 1. The predicted octanol–water partition coefficient (Wildman–Crippen LogP) is 4.41. The molecule has 4 amide bonds. The van der Waals surface area contributed by atoms with Crippen LogP contribution in [0.4, 0.5) is 10.1 Å². The highest BCUT2D eigenvalue weighted by atomic mass is 32.2. The van der Waals surface area contributed by atoms with Crippen molar-refractivity contribution in [1.29, 1.82) is 0 Å². The Hall–Kier alpha value is -4.54. The molecule has 16 heteroatoms. The van der Waals surface area contributed by atoms with Crippen molar-refractivity contribution < 1.29 is 33.0 Å². The maximum Gasteiger partial charge on any atom is 0.261 e. The van der Waals surface area contributed by atoms with Gasteiger partial charge in [0.15, 0.2) is 0 Å². The maximum absolute atomic E-state index is 14.9. The first-order valence-corrected chi connectivity index (χ1v) is 21.0. The van der Waals surface area contributed by atoms with E-state index in [9.17, 15) is 23.6 Å². The first-order valence-electron chi connectivity index (χ1n) is 20.0. The number of carbonyl (C=O) groups is 4. The smallest absolute Gasteiger partial charge is 0.261 e. The molecule has 312 valence electrons. The van der Waals surface area contributed by atoms with E-state index in [0.717, 1.165) is 77.3 Å². The van der Waals surface area contributed by atoms with Crippen molar-refractivity contribution in [3.8, 4) is 5.75 Å². The minimum absolute atomic E-state index is 0.0268. The number of carbonyl (C=O) groups excluding carboxylic acids is 4. The molecule has 3 aromatic rings. The van der Waals surface area contributed by atoms with Crippen LogP contribution in [-0.4, -0.2) is 111 Å². The summed E-state index contributed by atoms with van der Waals surface area (Å²) in [5.41, 5.74) is 1.06. The fraction of sp³-hybridized carbons (Fsp3) is 0.561. The van der Waals surface area contributed by atoms with Crippen LogP contribution in [0.25, 0.3) is 10.9 Å². The summed E-state index contributed by atoms with van der Waals surface area (Å²) in [5.74, 6) is 0.998.